The molecular weight excluding hydrogens is 367 g/mol. The zero-order valence-electron chi connectivity index (χ0n) is 15.1. The number of halogens is 1. The molecule has 0 bridgehead atoms. The van der Waals surface area contributed by atoms with Gasteiger partial charge in [-0.05, 0) is 62.1 Å². The number of likely N-dealkylation sites (tertiary alicyclic amines) is 1. The third-order valence-corrected chi connectivity index (χ3v) is 5.88. The lowest BCUT2D eigenvalue weighted by molar-refractivity contribution is -0.387. The molecule has 2 aromatic carbocycles. The number of rotatable bonds is 5. The van der Waals surface area contributed by atoms with Crippen molar-refractivity contribution >= 4 is 23.4 Å². The quantitative estimate of drug-likeness (QED) is 0.516. The number of benzene rings is 2. The fourth-order valence-electron chi connectivity index (χ4n) is 3.37. The summed E-state index contributed by atoms with van der Waals surface area (Å²) in [5, 5.41) is 11.5. The van der Waals surface area contributed by atoms with Crippen LogP contribution in [0, 0.1) is 15.9 Å². The topological polar surface area (TPSA) is 63.5 Å². The molecule has 3 rings (SSSR count). The van der Waals surface area contributed by atoms with Crippen LogP contribution in [0.5, 0.6) is 0 Å². The predicted octanol–water partition coefficient (Wildman–Crippen LogP) is 5.29. The summed E-state index contributed by atoms with van der Waals surface area (Å²) in [5.74, 6) is -0.509. The second kappa shape index (κ2) is 8.52. The summed E-state index contributed by atoms with van der Waals surface area (Å²) in [5.41, 5.74) is 0.228. The molecule has 1 heterocycles. The minimum atomic E-state index is -0.476. The molecule has 1 amide bonds. The first-order chi connectivity index (χ1) is 13.0. The van der Waals surface area contributed by atoms with E-state index in [2.05, 4.69) is 6.92 Å². The highest BCUT2D eigenvalue weighted by molar-refractivity contribution is 7.99. The number of hydrogen-bond acceptors (Lipinski definition) is 4. The molecule has 1 fully saturated rings. The van der Waals surface area contributed by atoms with Gasteiger partial charge in [0.2, 0.25) is 0 Å². The third kappa shape index (κ3) is 4.47. The number of hydrogen-bond donors (Lipinski definition) is 0. The van der Waals surface area contributed by atoms with Gasteiger partial charge in [0, 0.05) is 29.1 Å². The molecule has 27 heavy (non-hydrogen) atoms. The average Bonchev–Trinajstić information content (AvgIpc) is 2.69. The number of carbonyl (C=O) groups is 1. The molecule has 0 spiro atoms. The van der Waals surface area contributed by atoms with Crippen molar-refractivity contribution in [1.29, 1.82) is 0 Å². The normalized spacial score (nSPS) is 17.0. The monoisotopic (exact) mass is 388 g/mol. The molecule has 2 aromatic rings. The second-order valence-corrected chi connectivity index (χ2v) is 7.67. The summed E-state index contributed by atoms with van der Waals surface area (Å²) in [6, 6.07) is 10.6. The molecular formula is C20H21FN2O3S. The van der Waals surface area contributed by atoms with Gasteiger partial charge in [0.15, 0.2) is 0 Å². The first-order valence-electron chi connectivity index (χ1n) is 9.02. The second-order valence-electron chi connectivity index (χ2n) is 6.55. The number of nitrogens with zero attached hydrogens (tertiary/aromatic N) is 2. The summed E-state index contributed by atoms with van der Waals surface area (Å²) in [6.45, 7) is 2.75. The highest BCUT2D eigenvalue weighted by Gasteiger charge is 2.28. The maximum atomic E-state index is 13.1. The minimum Gasteiger partial charge on any atom is -0.336 e. The van der Waals surface area contributed by atoms with Crippen molar-refractivity contribution in [2.24, 2.45) is 0 Å². The third-order valence-electron chi connectivity index (χ3n) is 4.80. The molecule has 1 atom stereocenters. The Labute approximate surface area is 161 Å². The summed E-state index contributed by atoms with van der Waals surface area (Å²) in [4.78, 5) is 26.9. The van der Waals surface area contributed by atoms with E-state index in [0.29, 0.717) is 21.9 Å². The van der Waals surface area contributed by atoms with Crippen LogP contribution in [0.3, 0.4) is 0 Å². The van der Waals surface area contributed by atoms with Crippen molar-refractivity contribution in [2.75, 3.05) is 6.54 Å². The van der Waals surface area contributed by atoms with Crippen molar-refractivity contribution < 1.29 is 14.1 Å². The number of nitro groups is 1. The van der Waals surface area contributed by atoms with E-state index in [4.69, 9.17) is 0 Å². The Morgan fingerprint density at radius 2 is 2.00 bits per heavy atom. The maximum absolute atomic E-state index is 13.1. The van der Waals surface area contributed by atoms with Crippen molar-refractivity contribution in [3.05, 3.63) is 64.0 Å². The Kier molecular flexibility index (Phi) is 6.11. The van der Waals surface area contributed by atoms with Crippen LogP contribution in [-0.2, 0) is 0 Å². The molecule has 7 heteroatoms. The van der Waals surface area contributed by atoms with E-state index in [1.54, 1.807) is 24.3 Å². The van der Waals surface area contributed by atoms with Gasteiger partial charge in [-0.1, -0.05) is 18.7 Å². The first kappa shape index (κ1) is 19.4. The number of nitro benzene ring substituents is 1. The summed E-state index contributed by atoms with van der Waals surface area (Å²) in [7, 11) is 0. The van der Waals surface area contributed by atoms with Crippen LogP contribution in [0.1, 0.15) is 43.0 Å². The number of carbonyl (C=O) groups excluding carboxylic acids is 1. The van der Waals surface area contributed by atoms with E-state index in [1.807, 2.05) is 4.90 Å². The van der Waals surface area contributed by atoms with Crippen LogP contribution in [0.4, 0.5) is 10.1 Å². The fraction of sp³-hybridized carbons (Fsp3) is 0.350. The van der Waals surface area contributed by atoms with Crippen molar-refractivity contribution in [2.45, 2.75) is 48.4 Å². The van der Waals surface area contributed by atoms with Crippen LogP contribution in [-0.4, -0.2) is 28.3 Å². The zero-order valence-corrected chi connectivity index (χ0v) is 15.9. The first-order valence-corrected chi connectivity index (χ1v) is 9.84. The van der Waals surface area contributed by atoms with E-state index in [1.165, 1.54) is 30.0 Å². The maximum Gasteiger partial charge on any atom is 0.284 e. The van der Waals surface area contributed by atoms with Gasteiger partial charge < -0.3 is 4.90 Å². The lowest BCUT2D eigenvalue weighted by Gasteiger charge is -2.35. The predicted molar refractivity (Wildman–Crippen MR) is 103 cm³/mol. The van der Waals surface area contributed by atoms with Gasteiger partial charge >= 0.3 is 0 Å². The van der Waals surface area contributed by atoms with E-state index < -0.39 is 4.92 Å². The average molecular weight is 388 g/mol. The van der Waals surface area contributed by atoms with Gasteiger partial charge in [0.25, 0.3) is 11.6 Å². The van der Waals surface area contributed by atoms with Crippen molar-refractivity contribution in [3.63, 3.8) is 0 Å². The lowest BCUT2D eigenvalue weighted by Crippen LogP contribution is -2.43. The largest absolute Gasteiger partial charge is 0.336 e. The molecule has 0 saturated carbocycles. The van der Waals surface area contributed by atoms with Crippen LogP contribution in [0.15, 0.2) is 52.3 Å². The Hall–Kier alpha value is -2.41. The Morgan fingerprint density at radius 3 is 2.67 bits per heavy atom. The Bertz CT molecular complexity index is 842. The van der Waals surface area contributed by atoms with E-state index in [0.717, 1.165) is 25.7 Å². The van der Waals surface area contributed by atoms with Gasteiger partial charge in [0.1, 0.15) is 5.82 Å². The van der Waals surface area contributed by atoms with E-state index >= 15 is 0 Å². The fourth-order valence-corrected chi connectivity index (χ4v) is 4.27. The molecule has 1 aliphatic rings. The van der Waals surface area contributed by atoms with Gasteiger partial charge in [-0.2, -0.15) is 0 Å². The van der Waals surface area contributed by atoms with Crippen LogP contribution >= 0.6 is 11.8 Å². The molecule has 0 aliphatic carbocycles. The molecule has 0 N–H and O–H groups in total. The lowest BCUT2D eigenvalue weighted by atomic mass is 9.99. The molecule has 5 nitrogen and oxygen atoms in total. The molecule has 142 valence electrons. The smallest absolute Gasteiger partial charge is 0.284 e. The number of amides is 1. The molecule has 0 radical (unpaired) electrons. The van der Waals surface area contributed by atoms with Crippen LogP contribution in [0.25, 0.3) is 0 Å². The highest BCUT2D eigenvalue weighted by atomic mass is 32.2. The highest BCUT2D eigenvalue weighted by Crippen LogP contribution is 2.36. The zero-order chi connectivity index (χ0) is 19.4. The van der Waals surface area contributed by atoms with Crippen molar-refractivity contribution in [3.8, 4) is 0 Å². The Balaban J connectivity index is 1.87. The molecule has 0 unspecified atom stereocenters. The van der Waals surface area contributed by atoms with Gasteiger partial charge in [-0.25, -0.2) is 4.39 Å². The number of piperidine rings is 1. The van der Waals surface area contributed by atoms with Crippen LogP contribution in [0.2, 0.25) is 0 Å². The summed E-state index contributed by atoms with van der Waals surface area (Å²) >= 11 is 1.18. The molecule has 0 aromatic heterocycles. The van der Waals surface area contributed by atoms with Gasteiger partial charge in [0.05, 0.1) is 9.82 Å². The van der Waals surface area contributed by atoms with E-state index in [-0.39, 0.29) is 23.5 Å². The summed E-state index contributed by atoms with van der Waals surface area (Å²) in [6.07, 6.45) is 3.92. The Morgan fingerprint density at radius 1 is 1.26 bits per heavy atom. The van der Waals surface area contributed by atoms with Crippen molar-refractivity contribution in [1.82, 2.24) is 4.90 Å². The minimum absolute atomic E-state index is 0.111. The molecule has 1 saturated heterocycles. The van der Waals surface area contributed by atoms with Gasteiger partial charge in [-0.3, -0.25) is 14.9 Å². The summed E-state index contributed by atoms with van der Waals surface area (Å²) < 4.78 is 13.1. The van der Waals surface area contributed by atoms with Gasteiger partial charge in [-0.15, -0.1) is 0 Å². The van der Waals surface area contributed by atoms with E-state index in [9.17, 15) is 19.3 Å². The van der Waals surface area contributed by atoms with Crippen LogP contribution < -0.4 is 0 Å². The standard InChI is InChI=1S/C20H21FN2O3S/c1-2-16-5-3-4-12-22(16)20(24)14-6-11-19(18(13-14)23(25)26)27-17-9-7-15(21)8-10-17/h6-11,13,16H,2-5,12H2,1H3/t16-/m1/s1. The molecule has 1 aliphatic heterocycles. The SMILES string of the molecule is CC[C@@H]1CCCCN1C(=O)c1ccc(Sc2ccc(F)cc2)c([N+](=O)[O-])c1.